The average molecular weight is 585 g/mol. The summed E-state index contributed by atoms with van der Waals surface area (Å²) in [6, 6.07) is 18.2. The molecule has 0 saturated heterocycles. The van der Waals surface area contributed by atoms with Gasteiger partial charge in [0.15, 0.2) is 0 Å². The van der Waals surface area contributed by atoms with Gasteiger partial charge in [-0.3, -0.25) is 25.2 Å². The van der Waals surface area contributed by atoms with Crippen LogP contribution in [0, 0.1) is 0 Å². The minimum Gasteiger partial charge on any atom is -0.465 e. The lowest BCUT2D eigenvalue weighted by molar-refractivity contribution is -0.168. The van der Waals surface area contributed by atoms with E-state index in [1.54, 1.807) is 0 Å². The SMILES string of the molecule is COC(=O)[C@H](NC(=O)CCCCCCN=C(NC(=O)OCc1ccccc1)NC(=O)OCc1ccccc1)OC(C)=O. The van der Waals surface area contributed by atoms with E-state index in [-0.39, 0.29) is 32.1 Å². The Kier molecular flexibility index (Phi) is 15.2. The molecule has 0 unspecified atom stereocenters. The highest BCUT2D eigenvalue weighted by Crippen LogP contribution is 2.05. The number of nitrogens with one attached hydrogen (secondary N) is 3. The second kappa shape index (κ2) is 19.2. The summed E-state index contributed by atoms with van der Waals surface area (Å²) in [6.07, 6.45) is -0.551. The summed E-state index contributed by atoms with van der Waals surface area (Å²) in [5, 5.41) is 7.17. The van der Waals surface area contributed by atoms with Gasteiger partial charge in [0.05, 0.1) is 7.11 Å². The van der Waals surface area contributed by atoms with Gasteiger partial charge in [0.1, 0.15) is 13.2 Å². The first kappa shape index (κ1) is 33.3. The molecule has 42 heavy (non-hydrogen) atoms. The number of nitrogens with zero attached hydrogens (tertiary/aromatic N) is 1. The summed E-state index contributed by atoms with van der Waals surface area (Å²) in [5.74, 6) is -2.21. The topological polar surface area (TPSA) is 171 Å². The highest BCUT2D eigenvalue weighted by atomic mass is 16.6. The number of methoxy groups -OCH3 is 1. The molecule has 0 bridgehead atoms. The van der Waals surface area contributed by atoms with Gasteiger partial charge in [-0.05, 0) is 24.0 Å². The van der Waals surface area contributed by atoms with Gasteiger partial charge in [-0.2, -0.15) is 0 Å². The van der Waals surface area contributed by atoms with E-state index < -0.39 is 36.3 Å². The van der Waals surface area contributed by atoms with Crippen LogP contribution in [-0.4, -0.2) is 55.9 Å². The molecule has 0 saturated carbocycles. The maximum atomic E-state index is 12.3. The van der Waals surface area contributed by atoms with Gasteiger partial charge in [-0.25, -0.2) is 14.4 Å². The average Bonchev–Trinajstić information content (AvgIpc) is 2.98. The number of carbonyl (C=O) groups excluding carboxylic acids is 5. The van der Waals surface area contributed by atoms with Gasteiger partial charge >= 0.3 is 24.1 Å². The summed E-state index contributed by atoms with van der Waals surface area (Å²) in [4.78, 5) is 63.7. The second-order valence-electron chi connectivity index (χ2n) is 8.85. The van der Waals surface area contributed by atoms with Crippen LogP contribution in [0.3, 0.4) is 0 Å². The van der Waals surface area contributed by atoms with Crippen molar-refractivity contribution in [1.29, 1.82) is 0 Å². The van der Waals surface area contributed by atoms with Gasteiger partial charge in [0.25, 0.3) is 6.23 Å². The van der Waals surface area contributed by atoms with Gasteiger partial charge in [-0.15, -0.1) is 0 Å². The van der Waals surface area contributed by atoms with Crippen molar-refractivity contribution in [3.05, 3.63) is 71.8 Å². The molecule has 1 atom stereocenters. The first-order valence-corrected chi connectivity index (χ1v) is 13.3. The summed E-state index contributed by atoms with van der Waals surface area (Å²) in [5.41, 5.74) is 1.59. The Labute approximate surface area is 243 Å². The van der Waals surface area contributed by atoms with E-state index >= 15 is 0 Å². The number of rotatable bonds is 14. The Morgan fingerprint density at radius 2 is 1.29 bits per heavy atom. The van der Waals surface area contributed by atoms with Crippen molar-refractivity contribution in [2.75, 3.05) is 13.7 Å². The Morgan fingerprint density at radius 1 is 0.762 bits per heavy atom. The minimum absolute atomic E-state index is 0.0350. The summed E-state index contributed by atoms with van der Waals surface area (Å²) in [7, 11) is 1.12. The number of esters is 2. The molecule has 0 spiro atoms. The van der Waals surface area contributed by atoms with Crippen molar-refractivity contribution in [3.8, 4) is 0 Å². The fraction of sp³-hybridized carbons (Fsp3) is 0.379. The Hall–Kier alpha value is -4.94. The van der Waals surface area contributed by atoms with Gasteiger partial charge in [-0.1, -0.05) is 73.5 Å². The molecule has 3 N–H and O–H groups in total. The maximum absolute atomic E-state index is 12.3. The van der Waals surface area contributed by atoms with Crippen LogP contribution in [0.4, 0.5) is 9.59 Å². The van der Waals surface area contributed by atoms with Crippen LogP contribution >= 0.6 is 0 Å². The molecule has 2 aromatic rings. The molecule has 226 valence electrons. The molecule has 0 aromatic heterocycles. The minimum atomic E-state index is -1.49. The van der Waals surface area contributed by atoms with Crippen molar-refractivity contribution in [2.45, 2.75) is 58.5 Å². The third-order valence-electron chi connectivity index (χ3n) is 5.44. The number of ether oxygens (including phenoxy) is 4. The van der Waals surface area contributed by atoms with E-state index in [0.29, 0.717) is 25.7 Å². The molecular weight excluding hydrogens is 548 g/mol. The highest BCUT2D eigenvalue weighted by molar-refractivity contribution is 6.01. The molecule has 0 radical (unpaired) electrons. The molecule has 2 rings (SSSR count). The lowest BCUT2D eigenvalue weighted by Crippen LogP contribution is -2.44. The number of alkyl carbamates (subject to hydrolysis) is 2. The van der Waals surface area contributed by atoms with Crippen molar-refractivity contribution >= 4 is 36.0 Å². The molecule has 0 aliphatic rings. The van der Waals surface area contributed by atoms with Crippen molar-refractivity contribution in [3.63, 3.8) is 0 Å². The van der Waals surface area contributed by atoms with E-state index in [2.05, 4.69) is 25.7 Å². The van der Waals surface area contributed by atoms with Gasteiger partial charge in [0, 0.05) is 19.9 Å². The van der Waals surface area contributed by atoms with Gasteiger partial charge in [0.2, 0.25) is 11.9 Å². The zero-order valence-electron chi connectivity index (χ0n) is 23.6. The number of hydrogen-bond donors (Lipinski definition) is 3. The fourth-order valence-electron chi connectivity index (χ4n) is 3.39. The van der Waals surface area contributed by atoms with Crippen LogP contribution in [0.25, 0.3) is 0 Å². The fourth-order valence-corrected chi connectivity index (χ4v) is 3.39. The van der Waals surface area contributed by atoms with Crippen LogP contribution in [0.1, 0.15) is 50.2 Å². The molecule has 13 nitrogen and oxygen atoms in total. The lowest BCUT2D eigenvalue weighted by atomic mass is 10.1. The predicted molar refractivity (Wildman–Crippen MR) is 151 cm³/mol. The number of guanidine groups is 1. The number of amides is 3. The van der Waals surface area contributed by atoms with Crippen LogP contribution < -0.4 is 16.0 Å². The monoisotopic (exact) mass is 584 g/mol. The summed E-state index contributed by atoms with van der Waals surface area (Å²) >= 11 is 0. The quantitative estimate of drug-likeness (QED) is 0.0752. The number of aliphatic imine (C=N–C) groups is 1. The summed E-state index contributed by atoms with van der Waals surface area (Å²) in [6.45, 7) is 1.44. The largest absolute Gasteiger partial charge is 0.465 e. The molecule has 3 amide bonds. The van der Waals surface area contributed by atoms with E-state index in [4.69, 9.17) is 14.2 Å². The van der Waals surface area contributed by atoms with Gasteiger partial charge < -0.3 is 24.3 Å². The molecule has 2 aromatic carbocycles. The molecular formula is C29H36N4O9. The normalized spacial score (nSPS) is 10.8. The van der Waals surface area contributed by atoms with E-state index in [1.165, 1.54) is 0 Å². The zero-order chi connectivity index (χ0) is 30.6. The number of carbonyl (C=O) groups is 5. The molecule has 0 aliphatic carbocycles. The van der Waals surface area contributed by atoms with Crippen LogP contribution in [-0.2, 0) is 46.5 Å². The number of unbranched alkanes of at least 4 members (excludes halogenated alkanes) is 3. The van der Waals surface area contributed by atoms with Crippen molar-refractivity contribution in [2.24, 2.45) is 4.99 Å². The second-order valence-corrected chi connectivity index (χ2v) is 8.85. The molecule has 0 heterocycles. The van der Waals surface area contributed by atoms with Crippen molar-refractivity contribution < 1.29 is 42.9 Å². The number of hydrogen-bond acceptors (Lipinski definition) is 10. The first-order chi connectivity index (χ1) is 20.3. The van der Waals surface area contributed by atoms with Crippen LogP contribution in [0.5, 0.6) is 0 Å². The summed E-state index contributed by atoms with van der Waals surface area (Å²) < 4.78 is 19.7. The number of benzene rings is 2. The van der Waals surface area contributed by atoms with E-state index in [0.717, 1.165) is 25.2 Å². The highest BCUT2D eigenvalue weighted by Gasteiger charge is 2.24. The van der Waals surface area contributed by atoms with E-state index in [1.807, 2.05) is 60.7 Å². The van der Waals surface area contributed by atoms with E-state index in [9.17, 15) is 24.0 Å². The zero-order valence-corrected chi connectivity index (χ0v) is 23.6. The van der Waals surface area contributed by atoms with Crippen LogP contribution in [0.15, 0.2) is 65.7 Å². The Bertz CT molecular complexity index is 1130. The lowest BCUT2D eigenvalue weighted by Gasteiger charge is -2.15. The third-order valence-corrected chi connectivity index (χ3v) is 5.44. The maximum Gasteiger partial charge on any atom is 0.414 e. The van der Waals surface area contributed by atoms with Crippen LogP contribution in [0.2, 0.25) is 0 Å². The standard InChI is InChI=1S/C29H36N4O9/c1-21(34)42-25(26(36)39-2)31-24(35)17-11-3-4-12-18-30-27(32-28(37)40-19-22-13-7-5-8-14-22)33-29(38)41-20-23-15-9-6-10-16-23/h5-10,13-16,25H,3-4,11-12,17-20H2,1-2H3,(H,31,35)(H2,30,32,33,37,38)/t25-/m1/s1. The molecule has 0 fully saturated rings. The Morgan fingerprint density at radius 3 is 1.79 bits per heavy atom. The third kappa shape index (κ3) is 14.4. The Balaban J connectivity index is 1.80. The smallest absolute Gasteiger partial charge is 0.414 e. The molecule has 13 heteroatoms. The predicted octanol–water partition coefficient (Wildman–Crippen LogP) is 3.32. The molecule has 0 aliphatic heterocycles. The van der Waals surface area contributed by atoms with Crippen molar-refractivity contribution in [1.82, 2.24) is 16.0 Å². The first-order valence-electron chi connectivity index (χ1n) is 13.3.